The highest BCUT2D eigenvalue weighted by atomic mass is 16.5. The zero-order valence-corrected chi connectivity index (χ0v) is 11.9. The number of carbonyl (C=O) groups is 1. The molecule has 19 heavy (non-hydrogen) atoms. The molecule has 1 fully saturated rings. The van der Waals surface area contributed by atoms with E-state index >= 15 is 0 Å². The third-order valence-electron chi connectivity index (χ3n) is 3.76. The van der Waals surface area contributed by atoms with Gasteiger partial charge in [0.2, 0.25) is 5.91 Å². The van der Waals surface area contributed by atoms with Gasteiger partial charge in [-0.3, -0.25) is 4.79 Å². The van der Waals surface area contributed by atoms with Crippen LogP contribution < -0.4 is 4.74 Å². The third kappa shape index (κ3) is 3.49. The first-order valence-electron chi connectivity index (χ1n) is 7.25. The predicted octanol–water partition coefficient (Wildman–Crippen LogP) is 3.03. The Kier molecular flexibility index (Phi) is 4.83. The molecule has 104 valence electrons. The second-order valence-electron chi connectivity index (χ2n) is 5.05. The SMILES string of the molecule is CCOc1ccc(CC(=O)N2CCCC2CC)cc1. The fraction of sp³-hybridized carbons (Fsp3) is 0.562. The van der Waals surface area contributed by atoms with E-state index in [0.717, 1.165) is 37.1 Å². The highest BCUT2D eigenvalue weighted by Crippen LogP contribution is 2.21. The molecule has 0 spiro atoms. The van der Waals surface area contributed by atoms with E-state index in [2.05, 4.69) is 11.8 Å². The Balaban J connectivity index is 1.94. The van der Waals surface area contributed by atoms with Gasteiger partial charge in [-0.25, -0.2) is 0 Å². The zero-order valence-electron chi connectivity index (χ0n) is 11.9. The van der Waals surface area contributed by atoms with Crippen LogP contribution in [0.4, 0.5) is 0 Å². The largest absolute Gasteiger partial charge is 0.494 e. The highest BCUT2D eigenvalue weighted by molar-refractivity contribution is 5.79. The lowest BCUT2D eigenvalue weighted by molar-refractivity contribution is -0.131. The Morgan fingerprint density at radius 1 is 1.32 bits per heavy atom. The van der Waals surface area contributed by atoms with Gasteiger partial charge < -0.3 is 9.64 Å². The highest BCUT2D eigenvalue weighted by Gasteiger charge is 2.26. The number of rotatable bonds is 5. The molecule has 1 amide bonds. The van der Waals surface area contributed by atoms with E-state index in [-0.39, 0.29) is 5.91 Å². The van der Waals surface area contributed by atoms with Gasteiger partial charge in [0.25, 0.3) is 0 Å². The van der Waals surface area contributed by atoms with E-state index < -0.39 is 0 Å². The van der Waals surface area contributed by atoms with E-state index in [4.69, 9.17) is 4.74 Å². The molecular weight excluding hydrogens is 238 g/mol. The molecule has 1 aromatic rings. The van der Waals surface area contributed by atoms with Crippen molar-refractivity contribution in [2.45, 2.75) is 45.6 Å². The standard InChI is InChI=1S/C16H23NO2/c1-3-14-6-5-11-17(14)16(18)12-13-7-9-15(10-8-13)19-4-2/h7-10,14H,3-6,11-12H2,1-2H3. The van der Waals surface area contributed by atoms with E-state index in [1.807, 2.05) is 31.2 Å². The van der Waals surface area contributed by atoms with Gasteiger partial charge in [-0.2, -0.15) is 0 Å². The molecule has 0 bridgehead atoms. The molecule has 2 rings (SSSR count). The molecule has 3 heteroatoms. The number of carbonyl (C=O) groups excluding carboxylic acids is 1. The van der Waals surface area contributed by atoms with E-state index in [0.29, 0.717) is 19.1 Å². The summed E-state index contributed by atoms with van der Waals surface area (Å²) in [6.07, 6.45) is 3.87. The minimum atomic E-state index is 0.258. The van der Waals surface area contributed by atoms with Crippen LogP contribution in [0.15, 0.2) is 24.3 Å². The second kappa shape index (κ2) is 6.60. The fourth-order valence-electron chi connectivity index (χ4n) is 2.73. The van der Waals surface area contributed by atoms with Crippen molar-refractivity contribution in [2.75, 3.05) is 13.2 Å². The Morgan fingerprint density at radius 3 is 2.68 bits per heavy atom. The summed E-state index contributed by atoms with van der Waals surface area (Å²) in [7, 11) is 0. The first-order valence-corrected chi connectivity index (χ1v) is 7.25. The summed E-state index contributed by atoms with van der Waals surface area (Å²) in [4.78, 5) is 14.3. The maximum Gasteiger partial charge on any atom is 0.227 e. The molecule has 0 saturated carbocycles. The minimum Gasteiger partial charge on any atom is -0.494 e. The van der Waals surface area contributed by atoms with Crippen LogP contribution in [-0.4, -0.2) is 30.0 Å². The number of benzene rings is 1. The fourth-order valence-corrected chi connectivity index (χ4v) is 2.73. The van der Waals surface area contributed by atoms with Gasteiger partial charge in [0.05, 0.1) is 13.0 Å². The van der Waals surface area contributed by atoms with Crippen molar-refractivity contribution >= 4 is 5.91 Å². The molecular formula is C16H23NO2. The topological polar surface area (TPSA) is 29.5 Å². The molecule has 0 radical (unpaired) electrons. The first kappa shape index (κ1) is 13.9. The lowest BCUT2D eigenvalue weighted by Crippen LogP contribution is -2.36. The summed E-state index contributed by atoms with van der Waals surface area (Å²) in [5, 5.41) is 0. The van der Waals surface area contributed by atoms with Crippen LogP contribution in [0.1, 0.15) is 38.7 Å². The minimum absolute atomic E-state index is 0.258. The number of amides is 1. The van der Waals surface area contributed by atoms with Gasteiger partial charge >= 0.3 is 0 Å². The average molecular weight is 261 g/mol. The summed E-state index contributed by atoms with van der Waals surface area (Å²) >= 11 is 0. The maximum atomic E-state index is 12.3. The molecule has 1 aliphatic heterocycles. The zero-order chi connectivity index (χ0) is 13.7. The Morgan fingerprint density at radius 2 is 2.05 bits per heavy atom. The van der Waals surface area contributed by atoms with E-state index in [1.165, 1.54) is 0 Å². The van der Waals surface area contributed by atoms with Gasteiger partial charge in [-0.15, -0.1) is 0 Å². The monoisotopic (exact) mass is 261 g/mol. The number of hydrogen-bond acceptors (Lipinski definition) is 2. The van der Waals surface area contributed by atoms with Gasteiger partial charge in [0, 0.05) is 12.6 Å². The van der Waals surface area contributed by atoms with Crippen LogP contribution in [0.2, 0.25) is 0 Å². The molecule has 0 aromatic heterocycles. The van der Waals surface area contributed by atoms with E-state index in [1.54, 1.807) is 0 Å². The Labute approximate surface area is 115 Å². The van der Waals surface area contributed by atoms with Crippen molar-refractivity contribution < 1.29 is 9.53 Å². The first-order chi connectivity index (χ1) is 9.24. The molecule has 1 unspecified atom stereocenters. The lowest BCUT2D eigenvalue weighted by atomic mass is 10.1. The number of ether oxygens (including phenoxy) is 1. The second-order valence-corrected chi connectivity index (χ2v) is 5.05. The molecule has 3 nitrogen and oxygen atoms in total. The van der Waals surface area contributed by atoms with E-state index in [9.17, 15) is 4.79 Å². The smallest absolute Gasteiger partial charge is 0.227 e. The maximum absolute atomic E-state index is 12.3. The summed E-state index contributed by atoms with van der Waals surface area (Å²) in [5.74, 6) is 1.12. The van der Waals surface area contributed by atoms with Gasteiger partial charge in [-0.1, -0.05) is 19.1 Å². The van der Waals surface area contributed by atoms with Crippen molar-refractivity contribution in [3.63, 3.8) is 0 Å². The Hall–Kier alpha value is -1.51. The van der Waals surface area contributed by atoms with Crippen LogP contribution in [0.5, 0.6) is 5.75 Å². The molecule has 1 saturated heterocycles. The Bertz CT molecular complexity index is 413. The molecule has 1 aromatic carbocycles. The average Bonchev–Trinajstić information content (AvgIpc) is 2.90. The lowest BCUT2D eigenvalue weighted by Gasteiger charge is -2.23. The van der Waals surface area contributed by atoms with Crippen molar-refractivity contribution in [1.82, 2.24) is 4.90 Å². The third-order valence-corrected chi connectivity index (χ3v) is 3.76. The number of likely N-dealkylation sites (tertiary alicyclic amines) is 1. The van der Waals surface area contributed by atoms with Crippen LogP contribution in [0.25, 0.3) is 0 Å². The van der Waals surface area contributed by atoms with Crippen molar-refractivity contribution in [1.29, 1.82) is 0 Å². The normalized spacial score (nSPS) is 18.6. The number of nitrogens with zero attached hydrogens (tertiary/aromatic N) is 1. The summed E-state index contributed by atoms with van der Waals surface area (Å²) < 4.78 is 5.40. The van der Waals surface area contributed by atoms with Crippen LogP contribution >= 0.6 is 0 Å². The summed E-state index contributed by atoms with van der Waals surface area (Å²) in [5.41, 5.74) is 1.07. The van der Waals surface area contributed by atoms with Crippen molar-refractivity contribution in [3.8, 4) is 5.75 Å². The molecule has 1 heterocycles. The summed E-state index contributed by atoms with van der Waals surface area (Å²) in [6.45, 7) is 5.72. The van der Waals surface area contributed by atoms with Crippen LogP contribution in [0, 0.1) is 0 Å². The van der Waals surface area contributed by atoms with Crippen molar-refractivity contribution in [2.24, 2.45) is 0 Å². The van der Waals surface area contributed by atoms with Gasteiger partial charge in [-0.05, 0) is 43.9 Å². The van der Waals surface area contributed by atoms with Gasteiger partial charge in [0.1, 0.15) is 5.75 Å². The summed E-state index contributed by atoms with van der Waals surface area (Å²) in [6, 6.07) is 8.30. The molecule has 0 N–H and O–H groups in total. The number of hydrogen-bond donors (Lipinski definition) is 0. The molecule has 0 aliphatic carbocycles. The van der Waals surface area contributed by atoms with Crippen LogP contribution in [-0.2, 0) is 11.2 Å². The van der Waals surface area contributed by atoms with Crippen molar-refractivity contribution in [3.05, 3.63) is 29.8 Å². The quantitative estimate of drug-likeness (QED) is 0.815. The molecule has 1 aliphatic rings. The van der Waals surface area contributed by atoms with Gasteiger partial charge in [0.15, 0.2) is 0 Å². The predicted molar refractivity (Wildman–Crippen MR) is 76.3 cm³/mol. The molecule has 1 atom stereocenters. The van der Waals surface area contributed by atoms with Crippen LogP contribution in [0.3, 0.4) is 0 Å².